The van der Waals surface area contributed by atoms with Crippen molar-refractivity contribution >= 4 is 16.7 Å². The number of aromatic hydroxyl groups is 1. The van der Waals surface area contributed by atoms with Crippen LogP contribution in [0.2, 0.25) is 0 Å². The molecule has 1 fully saturated rings. The number of rotatable bonds is 4. The number of pyridine rings is 1. The molecule has 1 aliphatic carbocycles. The molecular weight excluding hydrogens is 544 g/mol. The predicted octanol–water partition coefficient (Wildman–Crippen LogP) is 7.00. The number of benzene rings is 3. The van der Waals surface area contributed by atoms with Crippen molar-refractivity contribution in [2.24, 2.45) is 5.73 Å². The van der Waals surface area contributed by atoms with Crippen LogP contribution in [0.15, 0.2) is 67.0 Å². The minimum Gasteiger partial charge on any atom is -0.506 e. The average Bonchev–Trinajstić information content (AvgIpc) is 3.58. The van der Waals surface area contributed by atoms with Crippen LogP contribution in [0.3, 0.4) is 0 Å². The first-order valence-corrected chi connectivity index (χ1v) is 14.6. The van der Waals surface area contributed by atoms with Gasteiger partial charge in [0.1, 0.15) is 29.1 Å². The number of aryl methyl sites for hydroxylation is 2. The molecular formula is C35H31F2N5O. The molecule has 216 valence electrons. The third kappa shape index (κ3) is 4.61. The molecule has 0 saturated carbocycles. The van der Waals surface area contributed by atoms with Crippen LogP contribution in [0, 0.1) is 29.9 Å². The minimum absolute atomic E-state index is 0.0146. The Morgan fingerprint density at radius 2 is 1.74 bits per heavy atom. The van der Waals surface area contributed by atoms with E-state index in [1.54, 1.807) is 24.4 Å². The summed E-state index contributed by atoms with van der Waals surface area (Å²) in [4.78, 5) is 7.18. The van der Waals surface area contributed by atoms with E-state index in [4.69, 9.17) is 10.7 Å². The van der Waals surface area contributed by atoms with E-state index in [0.717, 1.165) is 42.8 Å². The molecule has 3 heterocycles. The number of hydrogen-bond donors (Lipinski definition) is 2. The second kappa shape index (κ2) is 10.5. The fraction of sp³-hybridized carbons (Fsp3) is 0.257. The lowest BCUT2D eigenvalue weighted by atomic mass is 9.95. The zero-order valence-electron chi connectivity index (χ0n) is 23.8. The number of nitriles is 1. The van der Waals surface area contributed by atoms with Gasteiger partial charge in [-0.05, 0) is 67.5 Å². The summed E-state index contributed by atoms with van der Waals surface area (Å²) in [7, 11) is 0. The Bertz CT molecular complexity index is 1910. The lowest BCUT2D eigenvalue weighted by Crippen LogP contribution is -2.40. The van der Waals surface area contributed by atoms with E-state index in [0.29, 0.717) is 41.0 Å². The van der Waals surface area contributed by atoms with Gasteiger partial charge in [0, 0.05) is 54.3 Å². The standard InChI is InChI=1S/C35H31F2N5O/c1-20-5-7-27-21(13-20)6-8-31(27)42-19-30(28-4-2-3-22(17-38)34(28)43)32-33(41-11-9-26(39)10-12-41)29(18-40-35(32)42)23-14-24(36)16-25(37)15-23/h2-5,7,13-16,18-19,26,31,43H,6,8-12,39H2,1H3. The van der Waals surface area contributed by atoms with Gasteiger partial charge < -0.3 is 20.3 Å². The van der Waals surface area contributed by atoms with E-state index in [-0.39, 0.29) is 23.4 Å². The molecule has 0 bridgehead atoms. The fourth-order valence-corrected chi connectivity index (χ4v) is 6.88. The molecule has 6 nitrogen and oxygen atoms in total. The van der Waals surface area contributed by atoms with Crippen LogP contribution < -0.4 is 10.6 Å². The number of piperidine rings is 1. The summed E-state index contributed by atoms with van der Waals surface area (Å²) in [5.74, 6) is -1.45. The molecule has 0 amide bonds. The summed E-state index contributed by atoms with van der Waals surface area (Å²) >= 11 is 0. The van der Waals surface area contributed by atoms with Crippen LogP contribution in [-0.2, 0) is 6.42 Å². The van der Waals surface area contributed by atoms with Crippen molar-refractivity contribution in [3.63, 3.8) is 0 Å². The van der Waals surface area contributed by atoms with Crippen LogP contribution in [0.5, 0.6) is 5.75 Å². The lowest BCUT2D eigenvalue weighted by Gasteiger charge is -2.34. The molecule has 3 aromatic carbocycles. The van der Waals surface area contributed by atoms with Crippen molar-refractivity contribution in [2.75, 3.05) is 18.0 Å². The highest BCUT2D eigenvalue weighted by Crippen LogP contribution is 2.48. The van der Waals surface area contributed by atoms with E-state index in [1.807, 2.05) is 6.20 Å². The summed E-state index contributed by atoms with van der Waals surface area (Å²) in [6, 6.07) is 17.4. The van der Waals surface area contributed by atoms with Gasteiger partial charge in [-0.25, -0.2) is 13.8 Å². The molecule has 0 spiro atoms. The van der Waals surface area contributed by atoms with Crippen LogP contribution in [0.25, 0.3) is 33.3 Å². The summed E-state index contributed by atoms with van der Waals surface area (Å²) < 4.78 is 31.3. The number of para-hydroxylation sites is 1. The van der Waals surface area contributed by atoms with Crippen LogP contribution in [0.1, 0.15) is 47.6 Å². The largest absolute Gasteiger partial charge is 0.506 e. The van der Waals surface area contributed by atoms with Gasteiger partial charge in [-0.15, -0.1) is 0 Å². The van der Waals surface area contributed by atoms with E-state index >= 15 is 0 Å². The maximum Gasteiger partial charge on any atom is 0.143 e. The first-order chi connectivity index (χ1) is 20.8. The third-order valence-corrected chi connectivity index (χ3v) is 8.97. The van der Waals surface area contributed by atoms with E-state index in [1.165, 1.54) is 28.8 Å². The van der Waals surface area contributed by atoms with Gasteiger partial charge in [-0.1, -0.05) is 35.9 Å². The normalized spacial score (nSPS) is 16.9. The zero-order valence-corrected chi connectivity index (χ0v) is 23.8. The monoisotopic (exact) mass is 575 g/mol. The molecule has 1 aliphatic heterocycles. The van der Waals surface area contributed by atoms with Crippen molar-refractivity contribution in [1.82, 2.24) is 9.55 Å². The van der Waals surface area contributed by atoms with Gasteiger partial charge in [-0.2, -0.15) is 5.26 Å². The highest BCUT2D eigenvalue weighted by Gasteiger charge is 2.31. The molecule has 0 radical (unpaired) electrons. The molecule has 3 N–H and O–H groups in total. The van der Waals surface area contributed by atoms with Crippen LogP contribution in [0.4, 0.5) is 14.5 Å². The molecule has 1 atom stereocenters. The molecule has 43 heavy (non-hydrogen) atoms. The van der Waals surface area contributed by atoms with Gasteiger partial charge in [0.15, 0.2) is 0 Å². The van der Waals surface area contributed by atoms with Gasteiger partial charge in [-0.3, -0.25) is 0 Å². The number of halogens is 2. The summed E-state index contributed by atoms with van der Waals surface area (Å²) in [6.07, 6.45) is 7.07. The van der Waals surface area contributed by atoms with E-state index in [9.17, 15) is 19.1 Å². The lowest BCUT2D eigenvalue weighted by molar-refractivity contribution is 0.475. The van der Waals surface area contributed by atoms with Gasteiger partial charge in [0.25, 0.3) is 0 Å². The number of hydrogen-bond acceptors (Lipinski definition) is 5. The maximum atomic E-state index is 14.6. The molecule has 5 aromatic rings. The first-order valence-electron chi connectivity index (χ1n) is 14.6. The highest BCUT2D eigenvalue weighted by atomic mass is 19.1. The Kier molecular flexibility index (Phi) is 6.63. The quantitative estimate of drug-likeness (QED) is 0.241. The predicted molar refractivity (Wildman–Crippen MR) is 164 cm³/mol. The number of phenols is 1. The molecule has 2 aliphatic rings. The maximum absolute atomic E-state index is 14.6. The number of anilines is 1. The Labute approximate surface area is 248 Å². The number of aromatic nitrogens is 2. The SMILES string of the molecule is Cc1ccc2c(c1)CCC2n1cc(-c2cccc(C#N)c2O)c2c(N3CCC(N)CC3)c(-c3cc(F)cc(F)c3)cnc21. The van der Waals surface area contributed by atoms with Crippen LogP contribution >= 0.6 is 0 Å². The molecule has 2 aromatic heterocycles. The third-order valence-electron chi connectivity index (χ3n) is 8.97. The number of nitrogens with zero attached hydrogens (tertiary/aromatic N) is 4. The molecule has 1 unspecified atom stereocenters. The Hall–Kier alpha value is -4.74. The highest BCUT2D eigenvalue weighted by molar-refractivity contribution is 6.09. The second-order valence-corrected chi connectivity index (χ2v) is 11.7. The summed E-state index contributed by atoms with van der Waals surface area (Å²) in [5, 5.41) is 21.8. The smallest absolute Gasteiger partial charge is 0.143 e. The van der Waals surface area contributed by atoms with Crippen LogP contribution in [-0.4, -0.2) is 33.8 Å². The first kappa shape index (κ1) is 27.1. The number of nitrogens with two attached hydrogens (primary N) is 1. The van der Waals surface area contributed by atoms with Crippen molar-refractivity contribution in [1.29, 1.82) is 5.26 Å². The van der Waals surface area contributed by atoms with E-state index < -0.39 is 11.6 Å². The number of phenolic OH excluding ortho intramolecular Hbond substituents is 1. The molecule has 8 heteroatoms. The van der Waals surface area contributed by atoms with E-state index in [2.05, 4.69) is 40.7 Å². The topological polar surface area (TPSA) is 91.1 Å². The molecule has 7 rings (SSSR count). The van der Waals surface area contributed by atoms with Gasteiger partial charge in [0.05, 0.1) is 22.7 Å². The van der Waals surface area contributed by atoms with Crippen molar-refractivity contribution in [3.05, 3.63) is 101 Å². The van der Waals surface area contributed by atoms with Gasteiger partial charge in [0.2, 0.25) is 0 Å². The average molecular weight is 576 g/mol. The Morgan fingerprint density at radius 1 is 0.977 bits per heavy atom. The minimum atomic E-state index is -0.670. The molecule has 1 saturated heterocycles. The Morgan fingerprint density at radius 3 is 2.49 bits per heavy atom. The van der Waals surface area contributed by atoms with Crippen molar-refractivity contribution in [3.8, 4) is 34.1 Å². The van der Waals surface area contributed by atoms with Crippen molar-refractivity contribution in [2.45, 2.75) is 44.7 Å². The number of fused-ring (bicyclic) bond motifs is 2. The second-order valence-electron chi connectivity index (χ2n) is 11.7. The summed E-state index contributed by atoms with van der Waals surface area (Å²) in [5.41, 5.74) is 13.9. The Balaban J connectivity index is 1.56. The fourth-order valence-electron chi connectivity index (χ4n) is 6.88. The van der Waals surface area contributed by atoms with Gasteiger partial charge >= 0.3 is 0 Å². The zero-order chi connectivity index (χ0) is 29.8. The summed E-state index contributed by atoms with van der Waals surface area (Å²) in [6.45, 7) is 3.41. The van der Waals surface area contributed by atoms with Crippen molar-refractivity contribution < 1.29 is 13.9 Å².